The molecule has 3 rings (SSSR count). The molecule has 0 spiro atoms. The Kier molecular flexibility index (Phi) is 5.40. The van der Waals surface area contributed by atoms with E-state index in [0.29, 0.717) is 12.1 Å². The van der Waals surface area contributed by atoms with Gasteiger partial charge in [-0.2, -0.15) is 0 Å². The summed E-state index contributed by atoms with van der Waals surface area (Å²) in [5, 5.41) is 6.14. The third-order valence-electron chi connectivity index (χ3n) is 3.66. The summed E-state index contributed by atoms with van der Waals surface area (Å²) >= 11 is 3.52. The van der Waals surface area contributed by atoms with Crippen LogP contribution in [0.15, 0.2) is 65.7 Å². The summed E-state index contributed by atoms with van der Waals surface area (Å²) in [5.74, 6) is -0.168. The maximum atomic E-state index is 12.3. The molecule has 2 aromatic heterocycles. The second-order valence-corrected chi connectivity index (χ2v) is 6.44. The van der Waals surface area contributed by atoms with E-state index in [0.717, 1.165) is 27.0 Å². The monoisotopic (exact) mass is 396 g/mol. The lowest BCUT2D eigenvalue weighted by molar-refractivity contribution is 0.0950. The van der Waals surface area contributed by atoms with Gasteiger partial charge >= 0.3 is 0 Å². The lowest BCUT2D eigenvalue weighted by Crippen LogP contribution is -2.23. The van der Waals surface area contributed by atoms with Crippen LogP contribution in [0, 0.1) is 6.92 Å². The largest absolute Gasteiger partial charge is 0.354 e. The third kappa shape index (κ3) is 4.64. The minimum atomic E-state index is -0.168. The average molecular weight is 397 g/mol. The van der Waals surface area contributed by atoms with E-state index in [1.807, 2.05) is 37.3 Å². The van der Waals surface area contributed by atoms with Crippen LogP contribution in [0.4, 0.5) is 11.4 Å². The van der Waals surface area contributed by atoms with Crippen LogP contribution >= 0.6 is 15.9 Å². The van der Waals surface area contributed by atoms with Crippen molar-refractivity contribution in [1.29, 1.82) is 0 Å². The molecular formula is C19H17BrN4O. The smallest absolute Gasteiger partial charge is 0.253 e. The lowest BCUT2D eigenvalue weighted by atomic mass is 10.2. The normalized spacial score (nSPS) is 10.3. The van der Waals surface area contributed by atoms with E-state index in [4.69, 9.17) is 0 Å². The van der Waals surface area contributed by atoms with Crippen molar-refractivity contribution in [2.75, 3.05) is 5.32 Å². The Balaban J connectivity index is 1.68. The van der Waals surface area contributed by atoms with Crippen LogP contribution in [0.2, 0.25) is 0 Å². The summed E-state index contributed by atoms with van der Waals surface area (Å²) in [6.07, 6.45) is 6.64. The number of amides is 1. The summed E-state index contributed by atoms with van der Waals surface area (Å²) in [7, 11) is 0. The molecule has 0 saturated carbocycles. The number of pyridine rings is 2. The minimum absolute atomic E-state index is 0.168. The second-order valence-electron chi connectivity index (χ2n) is 5.59. The van der Waals surface area contributed by atoms with Crippen LogP contribution < -0.4 is 10.6 Å². The number of rotatable bonds is 5. The third-order valence-corrected chi connectivity index (χ3v) is 4.52. The molecule has 25 heavy (non-hydrogen) atoms. The number of benzene rings is 1. The molecule has 0 fully saturated rings. The Morgan fingerprint density at radius 2 is 1.84 bits per heavy atom. The molecule has 0 unspecified atom stereocenters. The van der Waals surface area contributed by atoms with Gasteiger partial charge in [-0.25, -0.2) is 0 Å². The van der Waals surface area contributed by atoms with Crippen LogP contribution in [-0.2, 0) is 6.54 Å². The van der Waals surface area contributed by atoms with Crippen molar-refractivity contribution in [2.45, 2.75) is 13.5 Å². The fraction of sp³-hybridized carbons (Fsp3) is 0.105. The average Bonchev–Trinajstić information content (AvgIpc) is 2.64. The highest BCUT2D eigenvalue weighted by Crippen LogP contribution is 2.23. The molecule has 0 aliphatic rings. The Hall–Kier alpha value is -2.73. The fourth-order valence-electron chi connectivity index (χ4n) is 2.25. The number of halogens is 1. The predicted molar refractivity (Wildman–Crippen MR) is 102 cm³/mol. The van der Waals surface area contributed by atoms with E-state index in [2.05, 4.69) is 36.5 Å². The molecule has 0 saturated heterocycles. The number of nitrogens with zero attached hydrogens (tertiary/aromatic N) is 2. The molecule has 1 amide bonds. The van der Waals surface area contributed by atoms with E-state index >= 15 is 0 Å². The Labute approximate surface area is 154 Å². The van der Waals surface area contributed by atoms with E-state index in [1.165, 1.54) is 0 Å². The summed E-state index contributed by atoms with van der Waals surface area (Å²) < 4.78 is 1.02. The first-order valence-electron chi connectivity index (χ1n) is 7.77. The zero-order chi connectivity index (χ0) is 17.6. The van der Waals surface area contributed by atoms with Gasteiger partial charge in [-0.15, -0.1) is 0 Å². The van der Waals surface area contributed by atoms with Crippen molar-refractivity contribution >= 4 is 33.2 Å². The maximum Gasteiger partial charge on any atom is 0.253 e. The van der Waals surface area contributed by atoms with Gasteiger partial charge in [0.15, 0.2) is 0 Å². The standard InChI is InChI=1S/C19H17BrN4O/c1-13-2-3-16(9-18(13)20)24-17-8-15(11-22-12-17)19(25)23-10-14-4-6-21-7-5-14/h2-9,11-12,24H,10H2,1H3,(H,23,25). The molecule has 126 valence electrons. The minimum Gasteiger partial charge on any atom is -0.354 e. The molecule has 2 heterocycles. The number of hydrogen-bond acceptors (Lipinski definition) is 4. The Morgan fingerprint density at radius 3 is 2.60 bits per heavy atom. The quantitative estimate of drug-likeness (QED) is 0.677. The van der Waals surface area contributed by atoms with Crippen molar-refractivity contribution in [3.05, 3.63) is 82.3 Å². The van der Waals surface area contributed by atoms with Gasteiger partial charge in [0, 0.05) is 35.3 Å². The number of aryl methyl sites for hydroxylation is 1. The van der Waals surface area contributed by atoms with Crippen LogP contribution in [0.5, 0.6) is 0 Å². The highest BCUT2D eigenvalue weighted by Gasteiger charge is 2.07. The number of hydrogen-bond donors (Lipinski definition) is 2. The summed E-state index contributed by atoms with van der Waals surface area (Å²) in [6, 6.07) is 11.5. The van der Waals surface area contributed by atoms with Crippen LogP contribution in [-0.4, -0.2) is 15.9 Å². The fourth-order valence-corrected chi connectivity index (χ4v) is 2.63. The molecule has 0 radical (unpaired) electrons. The van der Waals surface area contributed by atoms with E-state index in [-0.39, 0.29) is 5.91 Å². The highest BCUT2D eigenvalue weighted by molar-refractivity contribution is 9.10. The Bertz CT molecular complexity index is 884. The molecule has 0 aliphatic carbocycles. The number of aromatic nitrogens is 2. The molecule has 0 atom stereocenters. The molecule has 6 heteroatoms. The number of anilines is 2. The molecular weight excluding hydrogens is 380 g/mol. The SMILES string of the molecule is Cc1ccc(Nc2cncc(C(=O)NCc3ccncc3)c2)cc1Br. The van der Waals surface area contributed by atoms with Gasteiger partial charge in [-0.3, -0.25) is 14.8 Å². The Morgan fingerprint density at radius 1 is 1.04 bits per heavy atom. The number of nitrogens with one attached hydrogen (secondary N) is 2. The van der Waals surface area contributed by atoms with E-state index < -0.39 is 0 Å². The molecule has 1 aromatic carbocycles. The van der Waals surface area contributed by atoms with Crippen LogP contribution in [0.25, 0.3) is 0 Å². The maximum absolute atomic E-state index is 12.3. The summed E-state index contributed by atoms with van der Waals surface area (Å²) in [5.41, 5.74) is 4.34. The molecule has 5 nitrogen and oxygen atoms in total. The van der Waals surface area contributed by atoms with Crippen LogP contribution in [0.1, 0.15) is 21.5 Å². The predicted octanol–water partition coefficient (Wildman–Crippen LogP) is 4.22. The zero-order valence-electron chi connectivity index (χ0n) is 13.7. The first kappa shape index (κ1) is 17.1. The summed E-state index contributed by atoms with van der Waals surface area (Å²) in [6.45, 7) is 2.48. The topological polar surface area (TPSA) is 66.9 Å². The highest BCUT2D eigenvalue weighted by atomic mass is 79.9. The second kappa shape index (κ2) is 7.90. The van der Waals surface area contributed by atoms with Gasteiger partial charge in [0.25, 0.3) is 5.91 Å². The number of carbonyl (C=O) groups is 1. The van der Waals surface area contributed by atoms with Gasteiger partial charge in [-0.1, -0.05) is 22.0 Å². The lowest BCUT2D eigenvalue weighted by Gasteiger charge is -2.10. The molecule has 3 aromatic rings. The van der Waals surface area contributed by atoms with Crippen LogP contribution in [0.3, 0.4) is 0 Å². The van der Waals surface area contributed by atoms with Gasteiger partial charge in [-0.05, 0) is 48.4 Å². The van der Waals surface area contributed by atoms with Crippen molar-refractivity contribution < 1.29 is 4.79 Å². The van der Waals surface area contributed by atoms with Crippen molar-refractivity contribution in [3.8, 4) is 0 Å². The van der Waals surface area contributed by atoms with Gasteiger partial charge in [0.05, 0.1) is 17.4 Å². The van der Waals surface area contributed by atoms with Crippen molar-refractivity contribution in [3.63, 3.8) is 0 Å². The molecule has 2 N–H and O–H groups in total. The van der Waals surface area contributed by atoms with Crippen molar-refractivity contribution in [2.24, 2.45) is 0 Å². The van der Waals surface area contributed by atoms with Gasteiger partial charge < -0.3 is 10.6 Å². The van der Waals surface area contributed by atoms with E-state index in [9.17, 15) is 4.79 Å². The zero-order valence-corrected chi connectivity index (χ0v) is 15.2. The van der Waals surface area contributed by atoms with E-state index in [1.54, 1.807) is 30.9 Å². The van der Waals surface area contributed by atoms with Gasteiger partial charge in [0.2, 0.25) is 0 Å². The van der Waals surface area contributed by atoms with Crippen molar-refractivity contribution in [1.82, 2.24) is 15.3 Å². The van der Waals surface area contributed by atoms with Gasteiger partial charge in [0.1, 0.15) is 0 Å². The first-order chi connectivity index (χ1) is 12.1. The molecule has 0 aliphatic heterocycles. The first-order valence-corrected chi connectivity index (χ1v) is 8.56. The number of carbonyl (C=O) groups excluding carboxylic acids is 1. The summed E-state index contributed by atoms with van der Waals surface area (Å²) in [4.78, 5) is 20.4. The molecule has 0 bridgehead atoms.